The third-order valence-electron chi connectivity index (χ3n) is 3.84. The molecule has 2 N–H and O–H groups in total. The van der Waals surface area contributed by atoms with Crippen molar-refractivity contribution in [2.24, 2.45) is 4.99 Å². The summed E-state index contributed by atoms with van der Waals surface area (Å²) < 4.78 is 13.3. The summed E-state index contributed by atoms with van der Waals surface area (Å²) in [6.45, 7) is 0. The quantitative estimate of drug-likeness (QED) is 0.363. The summed E-state index contributed by atoms with van der Waals surface area (Å²) in [5.41, 5.74) is 1.01. The Hall–Kier alpha value is -2.86. The Labute approximate surface area is 150 Å². The Morgan fingerprint density at radius 2 is 1.84 bits per heavy atom. The average molecular weight is 353 g/mol. The van der Waals surface area contributed by atoms with Gasteiger partial charge in [0.05, 0.1) is 11.3 Å². The van der Waals surface area contributed by atoms with Crippen LogP contribution < -0.4 is 4.90 Å². The van der Waals surface area contributed by atoms with E-state index >= 15 is 0 Å². The molecule has 0 atom stereocenters. The highest BCUT2D eigenvalue weighted by Gasteiger charge is 2.22. The van der Waals surface area contributed by atoms with E-state index in [9.17, 15) is 9.50 Å². The first kappa shape index (κ1) is 17.0. The first-order valence-corrected chi connectivity index (χ1v) is 7.98. The molecule has 0 aliphatic heterocycles. The van der Waals surface area contributed by atoms with Crippen LogP contribution in [0.25, 0.3) is 10.8 Å². The van der Waals surface area contributed by atoms with Gasteiger partial charge in [-0.3, -0.25) is 15.3 Å². The zero-order valence-electron chi connectivity index (χ0n) is 13.4. The summed E-state index contributed by atoms with van der Waals surface area (Å²) in [5.74, 6) is -0.497. The van der Waals surface area contributed by atoms with Crippen LogP contribution >= 0.6 is 12.6 Å². The summed E-state index contributed by atoms with van der Waals surface area (Å²) >= 11 is 4.20. The number of nitrogens with zero attached hydrogens (tertiary/aromatic N) is 2. The van der Waals surface area contributed by atoms with Gasteiger partial charge in [-0.1, -0.05) is 36.4 Å². The second kappa shape index (κ2) is 6.94. The molecule has 0 radical (unpaired) electrons. The number of benzene rings is 3. The fraction of sp³-hybridized carbons (Fsp3) is 0.0526. The fourth-order valence-electron chi connectivity index (χ4n) is 2.77. The molecule has 0 unspecified atom stereocenters. The summed E-state index contributed by atoms with van der Waals surface area (Å²) in [4.78, 5) is 5.74. The van der Waals surface area contributed by atoms with Crippen molar-refractivity contribution in [2.75, 3.05) is 11.9 Å². The second-order valence-electron chi connectivity index (χ2n) is 5.37. The molecular weight excluding hydrogens is 337 g/mol. The third-order valence-corrected chi connectivity index (χ3v) is 4.04. The van der Waals surface area contributed by atoms with Crippen molar-refractivity contribution < 1.29 is 9.50 Å². The van der Waals surface area contributed by atoms with E-state index in [1.54, 1.807) is 7.05 Å². The minimum absolute atomic E-state index is 0.0688. The van der Waals surface area contributed by atoms with E-state index in [1.165, 1.54) is 17.0 Å². The first-order chi connectivity index (χ1) is 12.0. The van der Waals surface area contributed by atoms with Gasteiger partial charge in [-0.25, -0.2) is 4.39 Å². The van der Waals surface area contributed by atoms with E-state index in [2.05, 4.69) is 17.6 Å². The van der Waals surface area contributed by atoms with Gasteiger partial charge in [0.2, 0.25) is 0 Å². The Bertz CT molecular complexity index is 982. The van der Waals surface area contributed by atoms with Crippen LogP contribution in [-0.4, -0.2) is 23.2 Å². The Morgan fingerprint density at radius 3 is 2.52 bits per heavy atom. The van der Waals surface area contributed by atoms with Crippen molar-refractivity contribution >= 4 is 40.1 Å². The number of amidine groups is 2. The number of hydrogen-bond acceptors (Lipinski definition) is 3. The lowest BCUT2D eigenvalue weighted by Crippen LogP contribution is -2.34. The van der Waals surface area contributed by atoms with Crippen LogP contribution in [0.15, 0.2) is 65.7 Å². The van der Waals surface area contributed by atoms with Crippen LogP contribution in [0.3, 0.4) is 0 Å². The second-order valence-corrected chi connectivity index (χ2v) is 5.79. The molecule has 0 fully saturated rings. The van der Waals surface area contributed by atoms with E-state index in [0.717, 1.165) is 16.8 Å². The topological polar surface area (TPSA) is 59.7 Å². The summed E-state index contributed by atoms with van der Waals surface area (Å²) in [6.07, 6.45) is 0. The molecule has 3 aromatic carbocycles. The Balaban J connectivity index is 2.22. The molecule has 4 nitrogen and oxygen atoms in total. The fourth-order valence-corrected chi connectivity index (χ4v) is 2.97. The number of aromatic hydroxyl groups is 1. The maximum Gasteiger partial charge on any atom is 0.163 e. The summed E-state index contributed by atoms with van der Waals surface area (Å²) in [5, 5.41) is 20.1. The van der Waals surface area contributed by atoms with Gasteiger partial charge in [0.25, 0.3) is 0 Å². The van der Waals surface area contributed by atoms with Crippen molar-refractivity contribution in [1.29, 1.82) is 5.41 Å². The van der Waals surface area contributed by atoms with E-state index in [0.29, 0.717) is 17.1 Å². The van der Waals surface area contributed by atoms with Crippen LogP contribution in [-0.2, 0) is 0 Å². The number of fused-ring (bicyclic) bond motifs is 1. The van der Waals surface area contributed by atoms with Crippen LogP contribution in [0.2, 0.25) is 0 Å². The molecule has 0 bridgehead atoms. The number of aliphatic imine (C=N–C) groups is 1. The van der Waals surface area contributed by atoms with Gasteiger partial charge >= 0.3 is 0 Å². The molecule has 3 rings (SSSR count). The van der Waals surface area contributed by atoms with E-state index < -0.39 is 5.82 Å². The SMILES string of the molecule is C/N=C(/c1ccc(F)cc1O)N(C(=N)S)c1cccc2ccccc12. The van der Waals surface area contributed by atoms with Gasteiger partial charge in [0.15, 0.2) is 5.17 Å². The molecule has 0 aliphatic carbocycles. The number of nitrogens with one attached hydrogen (secondary N) is 1. The number of rotatable bonds is 2. The number of halogens is 1. The maximum atomic E-state index is 13.3. The number of thiol groups is 1. The third kappa shape index (κ3) is 3.21. The minimum atomic E-state index is -0.547. The number of hydrogen-bond donors (Lipinski definition) is 3. The van der Waals surface area contributed by atoms with Crippen LogP contribution in [0, 0.1) is 11.2 Å². The van der Waals surface area contributed by atoms with Gasteiger partial charge in [0, 0.05) is 18.5 Å². The van der Waals surface area contributed by atoms with Gasteiger partial charge in [-0.15, -0.1) is 12.6 Å². The summed E-state index contributed by atoms with van der Waals surface area (Å²) in [6, 6.07) is 17.1. The van der Waals surface area contributed by atoms with Crippen molar-refractivity contribution in [3.05, 3.63) is 72.0 Å². The lowest BCUT2D eigenvalue weighted by Gasteiger charge is -2.26. The van der Waals surface area contributed by atoms with Crippen molar-refractivity contribution in [1.82, 2.24) is 0 Å². The predicted octanol–water partition coefficient (Wildman–Crippen LogP) is 4.43. The molecule has 0 saturated carbocycles. The highest BCUT2D eigenvalue weighted by atomic mass is 32.1. The number of phenols is 1. The number of phenolic OH excluding ortho intramolecular Hbond substituents is 1. The molecule has 3 aromatic rings. The van der Waals surface area contributed by atoms with E-state index in [4.69, 9.17) is 5.41 Å². The lowest BCUT2D eigenvalue weighted by molar-refractivity contribution is 0.468. The number of anilines is 1. The molecule has 0 saturated heterocycles. The van der Waals surface area contributed by atoms with Crippen LogP contribution in [0.4, 0.5) is 10.1 Å². The molecule has 126 valence electrons. The lowest BCUT2D eigenvalue weighted by atomic mass is 10.1. The molecule has 0 amide bonds. The van der Waals surface area contributed by atoms with Crippen LogP contribution in [0.1, 0.15) is 5.56 Å². The zero-order chi connectivity index (χ0) is 18.0. The molecule has 0 spiro atoms. The molecule has 0 heterocycles. The largest absolute Gasteiger partial charge is 0.507 e. The van der Waals surface area contributed by atoms with Crippen molar-refractivity contribution in [3.63, 3.8) is 0 Å². The molecule has 25 heavy (non-hydrogen) atoms. The van der Waals surface area contributed by atoms with Crippen molar-refractivity contribution in [2.45, 2.75) is 0 Å². The highest BCUT2D eigenvalue weighted by Crippen LogP contribution is 2.30. The predicted molar refractivity (Wildman–Crippen MR) is 104 cm³/mol. The smallest absolute Gasteiger partial charge is 0.163 e. The molecule has 0 aliphatic rings. The molecular formula is C19H16FN3OS. The van der Waals surface area contributed by atoms with Crippen LogP contribution in [0.5, 0.6) is 5.75 Å². The van der Waals surface area contributed by atoms with Gasteiger partial charge in [0.1, 0.15) is 17.4 Å². The minimum Gasteiger partial charge on any atom is -0.507 e. The highest BCUT2D eigenvalue weighted by molar-refractivity contribution is 7.97. The zero-order valence-corrected chi connectivity index (χ0v) is 14.3. The van der Waals surface area contributed by atoms with E-state index in [1.807, 2.05) is 42.5 Å². The first-order valence-electron chi connectivity index (χ1n) is 7.54. The monoisotopic (exact) mass is 353 g/mol. The molecule has 6 heteroatoms. The van der Waals surface area contributed by atoms with Gasteiger partial charge in [-0.05, 0) is 23.6 Å². The summed E-state index contributed by atoms with van der Waals surface area (Å²) in [7, 11) is 1.55. The average Bonchev–Trinajstić information content (AvgIpc) is 2.60. The molecule has 0 aromatic heterocycles. The van der Waals surface area contributed by atoms with Crippen molar-refractivity contribution in [3.8, 4) is 5.75 Å². The Kier molecular flexibility index (Phi) is 4.72. The normalized spacial score (nSPS) is 11.6. The van der Waals surface area contributed by atoms with Gasteiger partial charge in [-0.2, -0.15) is 0 Å². The Morgan fingerprint density at radius 1 is 1.12 bits per heavy atom. The maximum absolute atomic E-state index is 13.3. The van der Waals surface area contributed by atoms with Gasteiger partial charge < -0.3 is 5.11 Å². The standard InChI is InChI=1S/C19H16FN3OS/c1-22-18(15-10-9-13(20)11-17(15)24)23(19(21)25)16-8-4-6-12-5-2-3-7-14(12)16/h2-11,24H,1H3,(H2,21,25)/b22-18-. The van der Waals surface area contributed by atoms with E-state index in [-0.39, 0.29) is 10.9 Å².